The highest BCUT2D eigenvalue weighted by Gasteiger charge is 2.36. The van der Waals surface area contributed by atoms with E-state index in [2.05, 4.69) is 60.6 Å². The number of fused-ring (bicyclic) bond motifs is 4. The first-order valence-corrected chi connectivity index (χ1v) is 48.7. The molecule has 17 aromatic rings. The molecule has 1 aliphatic rings. The van der Waals surface area contributed by atoms with Crippen LogP contribution >= 0.6 is 11.6 Å². The van der Waals surface area contributed by atoms with Gasteiger partial charge < -0.3 is 87.6 Å². The van der Waals surface area contributed by atoms with Gasteiger partial charge in [-0.2, -0.15) is 38.7 Å². The normalized spacial score (nSPS) is 12.7. The Balaban J connectivity index is 0.000000149. The summed E-state index contributed by atoms with van der Waals surface area (Å²) in [7, 11) is 18.3. The molecule has 3 unspecified atom stereocenters. The van der Waals surface area contributed by atoms with E-state index in [0.717, 1.165) is 125 Å². The van der Waals surface area contributed by atoms with Crippen LogP contribution in [-0.4, -0.2) is 277 Å². The number of hydrogen-bond donors (Lipinski definition) is 3. The summed E-state index contributed by atoms with van der Waals surface area (Å²) in [5.41, 5.74) is 18.7. The fraction of sp³-hybridized carbons (Fsp3) is 0.327. The summed E-state index contributed by atoms with van der Waals surface area (Å²) in [5.74, 6) is 5.36. The molecule has 3 atom stereocenters. The van der Waals surface area contributed by atoms with Crippen molar-refractivity contribution in [3.05, 3.63) is 232 Å². The minimum Gasteiger partial charge on any atom is -0.497 e. The van der Waals surface area contributed by atoms with Gasteiger partial charge in [-0.15, -0.1) is 11.6 Å². The number of hydrogen-bond acceptors (Lipinski definition) is 32. The van der Waals surface area contributed by atoms with E-state index in [1.807, 2.05) is 240 Å². The van der Waals surface area contributed by atoms with Crippen LogP contribution in [0.4, 0.5) is 63.5 Å². The second-order valence-electron chi connectivity index (χ2n) is 35.7. The highest BCUT2D eigenvalue weighted by molar-refractivity contribution is 6.27. The summed E-state index contributed by atoms with van der Waals surface area (Å²) in [5, 5.41) is 46.0. The molecule has 0 spiro atoms. The van der Waals surface area contributed by atoms with E-state index in [1.54, 1.807) is 147 Å². The Hall–Kier alpha value is -16.6. The number of amides is 2. The fourth-order valence-corrected chi connectivity index (χ4v) is 17.0. The van der Waals surface area contributed by atoms with Crippen LogP contribution in [0.25, 0.3) is 89.2 Å². The molecule has 1 saturated heterocycles. The lowest BCUT2D eigenvalue weighted by Gasteiger charge is -2.32. The molecular weight excluding hydrogens is 1950 g/mol. The molecule has 150 heavy (non-hydrogen) atoms. The zero-order valence-electron chi connectivity index (χ0n) is 86.3. The van der Waals surface area contributed by atoms with Gasteiger partial charge in [0.2, 0.25) is 5.91 Å². The monoisotopic (exact) mass is 2070 g/mol. The first-order chi connectivity index (χ1) is 72.3. The van der Waals surface area contributed by atoms with Crippen LogP contribution in [0.5, 0.6) is 46.0 Å². The zero-order chi connectivity index (χ0) is 107. The molecule has 9 aromatic heterocycles. The number of benzene rings is 8. The van der Waals surface area contributed by atoms with Crippen molar-refractivity contribution >= 4 is 113 Å². The van der Waals surface area contributed by atoms with Gasteiger partial charge in [0.05, 0.1) is 225 Å². The van der Waals surface area contributed by atoms with Crippen molar-refractivity contribution in [1.82, 2.24) is 109 Å². The average molecular weight is 2070 g/mol. The lowest BCUT2D eigenvalue weighted by atomic mass is 10.1. The third kappa shape index (κ3) is 27.2. The molecule has 2 amide bonds. The van der Waals surface area contributed by atoms with Gasteiger partial charge >= 0.3 is 12.3 Å². The van der Waals surface area contributed by atoms with Crippen LogP contribution < -0.4 is 62.8 Å². The molecule has 10 heterocycles. The standard InChI is InChI=1S/C28H33ClN6O4.C27H30N6O4.C26H29F3N6O2.C26H28N8O3/c1-18(2)34(28(37)12-29)16-22(36)17-35(21-8-23(38-4)11-24(9-21)39-5)20-6-7-25-26(10-20)32-27(14-30-25)19-13-31-33(3)15-19;1-17(2)32-15-23(37-27(32)34)16-33(20-8-21(35-4)11-22(9-20)36-5)19-6-7-24-25(10-19)30-26(13-28-24)18-12-29-31(3)14-18;1-4-34-16-18(14-32-34)25-15-31-23-7-6-19(12-24(23)33-25)35(9-5-8-30-17-26(27,28)29)20-10-21(36-2)13-22(11-20)37-3;1-17-28-16-30-34(17)15-21(35)14-33(20-7-22(36-3)10-23(8-20)37-4)19-5-6-24-25(9-19)31-26(12-27-24)18-11-29-32(2)13-18/h6-11,13-15,18,22,36H,12,16-17H2,1-5H3;6-14,17,23H,15-16H2,1-5H3;6-7,10-16,30H,4-5,8-9,17H2,1-3H3;5-13,16,21,35H,14-15H2,1-4H3. The molecular formula is C107H120ClF3N26O13. The lowest BCUT2D eigenvalue weighted by molar-refractivity contribution is -0.131. The number of cyclic esters (lactones) is 1. The summed E-state index contributed by atoms with van der Waals surface area (Å²) >= 11 is 5.82. The maximum Gasteiger partial charge on any atom is 0.410 e. The van der Waals surface area contributed by atoms with E-state index < -0.39 is 24.9 Å². The maximum absolute atomic E-state index is 12.5. The van der Waals surface area contributed by atoms with Gasteiger partial charge in [0.15, 0.2) is 0 Å². The summed E-state index contributed by atoms with van der Waals surface area (Å²) in [4.78, 5) is 78.0. The van der Waals surface area contributed by atoms with Crippen molar-refractivity contribution in [3.8, 4) is 91.0 Å². The molecule has 3 N–H and O–H groups in total. The van der Waals surface area contributed by atoms with E-state index in [-0.39, 0.29) is 62.2 Å². The van der Waals surface area contributed by atoms with E-state index in [4.69, 9.17) is 74.2 Å². The number of ether oxygens (including phenoxy) is 9. The van der Waals surface area contributed by atoms with Crippen LogP contribution in [0.3, 0.4) is 0 Å². The number of halogens is 4. The molecule has 1 aliphatic heterocycles. The Bertz CT molecular complexity index is 7410. The number of aliphatic hydroxyl groups excluding tert-OH is 2. The van der Waals surface area contributed by atoms with Crippen molar-refractivity contribution < 1.29 is 75.6 Å². The number of nitrogens with one attached hydrogen (secondary N) is 1. The van der Waals surface area contributed by atoms with Gasteiger partial charge in [0, 0.05) is 218 Å². The Morgan fingerprint density at radius 1 is 0.460 bits per heavy atom. The second-order valence-corrected chi connectivity index (χ2v) is 36.0. The van der Waals surface area contributed by atoms with Gasteiger partial charge in [-0.25, -0.2) is 34.4 Å². The largest absolute Gasteiger partial charge is 0.497 e. The highest BCUT2D eigenvalue weighted by Crippen LogP contribution is 2.42. The maximum atomic E-state index is 12.5. The minimum absolute atomic E-state index is 0.0599. The molecule has 0 bridgehead atoms. The molecule has 0 aliphatic carbocycles. The third-order valence-electron chi connectivity index (χ3n) is 24.6. The first-order valence-electron chi connectivity index (χ1n) is 48.2. The molecule has 784 valence electrons. The molecule has 39 nitrogen and oxygen atoms in total. The van der Waals surface area contributed by atoms with Gasteiger partial charge in [0.1, 0.15) is 70.1 Å². The van der Waals surface area contributed by atoms with Crippen LogP contribution in [0, 0.1) is 6.92 Å². The van der Waals surface area contributed by atoms with E-state index in [1.165, 1.54) is 6.33 Å². The number of aromatic nitrogens is 19. The number of carbonyl (C=O) groups excluding carboxylic acids is 2. The molecule has 8 aromatic carbocycles. The topological polar surface area (TPSA) is 394 Å². The van der Waals surface area contributed by atoms with Crippen molar-refractivity contribution in [3.63, 3.8) is 0 Å². The SMILES string of the molecule is CCn1cc(-c2cnc3ccc(N(CCCNCC(F)(F)F)c4cc(OC)cc(OC)c4)cc3n2)cn1.COc1cc(OC)cc(N(CC(O)CN(C(=O)CCl)C(C)C)c2ccc3ncc(-c4cnn(C)c4)nc3c2)c1.COc1cc(OC)cc(N(CC(O)Cn2ncnc2C)c2ccc3ncc(-c4cnn(C)c4)nc3c2)c1.COc1cc(OC)cc(N(CC2CN(C(C)C)C(=O)O2)c2ccc3ncc(-c4cnn(C)c4)nc3c2)c1. The zero-order valence-corrected chi connectivity index (χ0v) is 87.1. The van der Waals surface area contributed by atoms with Crippen LogP contribution in [-0.2, 0) is 43.8 Å². The van der Waals surface area contributed by atoms with E-state index in [0.29, 0.717) is 101 Å². The van der Waals surface area contributed by atoms with Gasteiger partial charge in [0.25, 0.3) is 0 Å². The number of carbonyl (C=O) groups is 2. The average Bonchev–Trinajstić information content (AvgIpc) is 1.37. The van der Waals surface area contributed by atoms with Gasteiger partial charge in [-0.1, -0.05) is 0 Å². The Kier molecular flexibility index (Phi) is 35.4. The molecule has 18 rings (SSSR count). The van der Waals surface area contributed by atoms with Crippen molar-refractivity contribution in [1.29, 1.82) is 0 Å². The Labute approximate surface area is 869 Å². The number of alkyl halides is 4. The van der Waals surface area contributed by atoms with E-state index in [9.17, 15) is 33.0 Å². The van der Waals surface area contributed by atoms with Crippen molar-refractivity contribution in [2.24, 2.45) is 21.1 Å². The molecule has 0 saturated carbocycles. The number of aryl methyl sites for hydroxylation is 5. The Morgan fingerprint density at radius 2 is 0.820 bits per heavy atom. The number of methoxy groups -OCH3 is 8. The smallest absolute Gasteiger partial charge is 0.410 e. The number of nitrogens with zero attached hydrogens (tertiary/aromatic N) is 25. The summed E-state index contributed by atoms with van der Waals surface area (Å²) < 4.78 is 96.0. The van der Waals surface area contributed by atoms with Crippen molar-refractivity contribution in [2.75, 3.05) is 135 Å². The second kappa shape index (κ2) is 49.3. The van der Waals surface area contributed by atoms with Gasteiger partial charge in [-0.3, -0.25) is 43.5 Å². The van der Waals surface area contributed by atoms with Crippen LogP contribution in [0.15, 0.2) is 226 Å². The van der Waals surface area contributed by atoms with Gasteiger partial charge in [-0.05, 0) is 127 Å². The van der Waals surface area contributed by atoms with Crippen LogP contribution in [0.2, 0.25) is 0 Å². The Morgan fingerprint density at radius 3 is 1.15 bits per heavy atom. The van der Waals surface area contributed by atoms with Crippen molar-refractivity contribution in [2.45, 2.75) is 97.6 Å². The number of rotatable bonds is 39. The summed E-state index contributed by atoms with van der Waals surface area (Å²) in [6.07, 6.45) is 17.0. The quantitative estimate of drug-likeness (QED) is 0.0238. The fourth-order valence-electron chi connectivity index (χ4n) is 16.8. The summed E-state index contributed by atoms with van der Waals surface area (Å²) in [6.45, 7) is 13.8. The summed E-state index contributed by atoms with van der Waals surface area (Å²) in [6, 6.07) is 45.4. The predicted molar refractivity (Wildman–Crippen MR) is 568 cm³/mol. The third-order valence-corrected chi connectivity index (χ3v) is 24.8. The van der Waals surface area contributed by atoms with Crippen LogP contribution in [0.1, 0.15) is 46.9 Å². The highest BCUT2D eigenvalue weighted by atomic mass is 35.5. The molecule has 0 radical (unpaired) electrons. The molecule has 43 heteroatoms. The number of anilines is 8. The lowest BCUT2D eigenvalue weighted by Crippen LogP contribution is -2.45. The number of aliphatic hydroxyl groups is 2. The molecule has 1 fully saturated rings. The minimum atomic E-state index is -4.25. The van der Waals surface area contributed by atoms with E-state index >= 15 is 0 Å². The predicted octanol–water partition coefficient (Wildman–Crippen LogP) is 16.8. The first kappa shape index (κ1) is 108.